The molecule has 0 saturated heterocycles. The van der Waals surface area contributed by atoms with Crippen LogP contribution in [-0.4, -0.2) is 0 Å². The molecule has 0 nitrogen and oxygen atoms in total. The lowest BCUT2D eigenvalue weighted by Crippen LogP contribution is -2.15. The lowest BCUT2D eigenvalue weighted by molar-refractivity contribution is 0.298. The van der Waals surface area contributed by atoms with E-state index in [0.717, 1.165) is 37.7 Å². The van der Waals surface area contributed by atoms with Gasteiger partial charge in [0.15, 0.2) is 17.5 Å². The van der Waals surface area contributed by atoms with Crippen molar-refractivity contribution < 1.29 is 13.2 Å². The van der Waals surface area contributed by atoms with Gasteiger partial charge in [-0.1, -0.05) is 32.3 Å². The molecule has 0 heterocycles. The Labute approximate surface area is 113 Å². The van der Waals surface area contributed by atoms with Gasteiger partial charge in [0.05, 0.1) is 0 Å². The largest absolute Gasteiger partial charge is 0.204 e. The van der Waals surface area contributed by atoms with Gasteiger partial charge in [-0.2, -0.15) is 0 Å². The molecule has 1 fully saturated rings. The molecule has 0 atom stereocenters. The number of benzene rings is 1. The second-order valence-corrected chi connectivity index (χ2v) is 5.62. The Morgan fingerprint density at radius 2 is 1.68 bits per heavy atom. The van der Waals surface area contributed by atoms with E-state index in [9.17, 15) is 13.2 Å². The highest BCUT2D eigenvalue weighted by Crippen LogP contribution is 2.39. The fourth-order valence-corrected chi connectivity index (χ4v) is 3.11. The average molecular weight is 270 g/mol. The minimum Gasteiger partial charge on any atom is -0.204 e. The monoisotopic (exact) mass is 270 g/mol. The minimum absolute atomic E-state index is 0.0491. The lowest BCUT2D eigenvalue weighted by atomic mass is 9.77. The number of hydrogen-bond acceptors (Lipinski definition) is 0. The predicted molar refractivity (Wildman–Crippen MR) is 70.5 cm³/mol. The van der Waals surface area contributed by atoms with Crippen molar-refractivity contribution in [1.82, 2.24) is 0 Å². The molecule has 2 rings (SSSR count). The summed E-state index contributed by atoms with van der Waals surface area (Å²) in [6.45, 7) is 2.18. The van der Waals surface area contributed by atoms with E-state index in [1.165, 1.54) is 25.3 Å². The smallest absolute Gasteiger partial charge is 0.194 e. The molecule has 0 aromatic heterocycles. The third-order valence-corrected chi connectivity index (χ3v) is 4.32. The molecule has 0 bridgehead atoms. The number of hydrogen-bond donors (Lipinski definition) is 0. The quantitative estimate of drug-likeness (QED) is 0.627. The van der Waals surface area contributed by atoms with Crippen LogP contribution >= 0.6 is 0 Å². The van der Waals surface area contributed by atoms with Gasteiger partial charge in [-0.25, -0.2) is 13.2 Å². The van der Waals surface area contributed by atoms with Crippen LogP contribution in [0.2, 0.25) is 0 Å². The summed E-state index contributed by atoms with van der Waals surface area (Å²) >= 11 is 0. The van der Waals surface area contributed by atoms with E-state index in [1.54, 1.807) is 0 Å². The van der Waals surface area contributed by atoms with Gasteiger partial charge < -0.3 is 0 Å². The zero-order valence-corrected chi connectivity index (χ0v) is 11.4. The molecule has 106 valence electrons. The molecule has 1 aromatic rings. The topological polar surface area (TPSA) is 0 Å². The van der Waals surface area contributed by atoms with Gasteiger partial charge in [-0.05, 0) is 49.1 Å². The summed E-state index contributed by atoms with van der Waals surface area (Å²) < 4.78 is 39.9. The molecular formula is C16H21F3. The van der Waals surface area contributed by atoms with E-state index in [1.807, 2.05) is 0 Å². The van der Waals surface area contributed by atoms with Crippen LogP contribution < -0.4 is 0 Å². The maximum atomic E-state index is 13.7. The zero-order chi connectivity index (χ0) is 13.8. The Kier molecular flexibility index (Phi) is 4.89. The molecular weight excluding hydrogens is 249 g/mol. The molecule has 1 saturated carbocycles. The van der Waals surface area contributed by atoms with E-state index in [0.29, 0.717) is 5.56 Å². The Hall–Kier alpha value is -0.990. The first-order chi connectivity index (χ1) is 9.13. The van der Waals surface area contributed by atoms with Gasteiger partial charge in [0.1, 0.15) is 0 Å². The molecule has 3 heteroatoms. The molecule has 0 spiro atoms. The third-order valence-electron chi connectivity index (χ3n) is 4.32. The molecule has 1 aliphatic carbocycles. The van der Waals surface area contributed by atoms with Gasteiger partial charge in [0.2, 0.25) is 0 Å². The van der Waals surface area contributed by atoms with Gasteiger partial charge in [0.25, 0.3) is 0 Å². The first-order valence-electron chi connectivity index (χ1n) is 7.26. The minimum atomic E-state index is -1.33. The molecule has 19 heavy (non-hydrogen) atoms. The van der Waals surface area contributed by atoms with Crippen molar-refractivity contribution in [3.63, 3.8) is 0 Å². The number of rotatable bonds is 4. The second kappa shape index (κ2) is 6.44. The highest BCUT2D eigenvalue weighted by Gasteiger charge is 2.26. The zero-order valence-electron chi connectivity index (χ0n) is 11.4. The van der Waals surface area contributed by atoms with Crippen molar-refractivity contribution in [2.24, 2.45) is 5.92 Å². The summed E-state index contributed by atoms with van der Waals surface area (Å²) in [4.78, 5) is 0. The van der Waals surface area contributed by atoms with E-state index in [2.05, 4.69) is 6.92 Å². The number of halogens is 3. The Morgan fingerprint density at radius 1 is 1.00 bits per heavy atom. The third kappa shape index (κ3) is 3.31. The SMILES string of the molecule is CCCC[C@H]1CC[C@H](c2ccc(F)c(F)c2F)CC1. The predicted octanol–water partition coefficient (Wildman–Crippen LogP) is 5.57. The Balaban J connectivity index is 2.00. The molecule has 1 aliphatic rings. The standard InChI is InChI=1S/C16H21F3/c1-2-3-4-11-5-7-12(8-6-11)13-9-10-14(17)16(19)15(13)18/h9-12H,2-8H2,1H3/t11-,12-. The van der Waals surface area contributed by atoms with Crippen LogP contribution in [0.25, 0.3) is 0 Å². The Bertz CT molecular complexity index is 420. The van der Waals surface area contributed by atoms with E-state index in [-0.39, 0.29) is 5.92 Å². The first-order valence-corrected chi connectivity index (χ1v) is 7.26. The normalized spacial score (nSPS) is 23.6. The maximum Gasteiger partial charge on any atom is 0.194 e. The average Bonchev–Trinajstić information content (AvgIpc) is 2.44. The molecule has 1 aromatic carbocycles. The van der Waals surface area contributed by atoms with Crippen LogP contribution in [0.3, 0.4) is 0 Å². The van der Waals surface area contributed by atoms with E-state index < -0.39 is 17.5 Å². The summed E-state index contributed by atoms with van der Waals surface area (Å²) in [5.74, 6) is -2.64. The molecule has 0 amide bonds. The van der Waals surface area contributed by atoms with Gasteiger partial charge in [-0.15, -0.1) is 0 Å². The first kappa shape index (κ1) is 14.4. The van der Waals surface area contributed by atoms with Crippen LogP contribution in [0.15, 0.2) is 12.1 Å². The van der Waals surface area contributed by atoms with Crippen molar-refractivity contribution in [3.05, 3.63) is 35.1 Å². The molecule has 0 unspecified atom stereocenters. The summed E-state index contributed by atoms with van der Waals surface area (Å²) in [6, 6.07) is 2.45. The molecule has 0 N–H and O–H groups in total. The lowest BCUT2D eigenvalue weighted by Gasteiger charge is -2.29. The van der Waals surface area contributed by atoms with E-state index >= 15 is 0 Å². The Morgan fingerprint density at radius 3 is 2.32 bits per heavy atom. The fraction of sp³-hybridized carbons (Fsp3) is 0.625. The van der Waals surface area contributed by atoms with Crippen LogP contribution in [-0.2, 0) is 0 Å². The summed E-state index contributed by atoms with van der Waals surface area (Å²) in [6.07, 6.45) is 7.61. The molecule has 0 radical (unpaired) electrons. The summed E-state index contributed by atoms with van der Waals surface area (Å²) in [5, 5.41) is 0. The molecule has 0 aliphatic heterocycles. The van der Waals surface area contributed by atoms with Crippen molar-refractivity contribution in [1.29, 1.82) is 0 Å². The van der Waals surface area contributed by atoms with Gasteiger partial charge in [-0.3, -0.25) is 0 Å². The van der Waals surface area contributed by atoms with Crippen molar-refractivity contribution in [2.45, 2.75) is 57.8 Å². The van der Waals surface area contributed by atoms with Crippen LogP contribution in [0.1, 0.15) is 63.4 Å². The van der Waals surface area contributed by atoms with Crippen molar-refractivity contribution >= 4 is 0 Å². The van der Waals surface area contributed by atoms with Crippen molar-refractivity contribution in [3.8, 4) is 0 Å². The van der Waals surface area contributed by atoms with Crippen LogP contribution in [0.5, 0.6) is 0 Å². The highest BCUT2D eigenvalue weighted by atomic mass is 19.2. The van der Waals surface area contributed by atoms with Gasteiger partial charge in [0, 0.05) is 0 Å². The summed E-state index contributed by atoms with van der Waals surface area (Å²) in [7, 11) is 0. The van der Waals surface area contributed by atoms with Gasteiger partial charge >= 0.3 is 0 Å². The van der Waals surface area contributed by atoms with Crippen LogP contribution in [0, 0.1) is 23.4 Å². The second-order valence-electron chi connectivity index (χ2n) is 5.62. The van der Waals surface area contributed by atoms with Crippen LogP contribution in [0.4, 0.5) is 13.2 Å². The number of unbranched alkanes of at least 4 members (excludes halogenated alkanes) is 1. The maximum absolute atomic E-state index is 13.7. The summed E-state index contributed by atoms with van der Waals surface area (Å²) in [5.41, 5.74) is 0.354. The highest BCUT2D eigenvalue weighted by molar-refractivity contribution is 5.24. The fourth-order valence-electron chi connectivity index (χ4n) is 3.11. The van der Waals surface area contributed by atoms with Crippen molar-refractivity contribution in [2.75, 3.05) is 0 Å². The van der Waals surface area contributed by atoms with E-state index in [4.69, 9.17) is 0 Å².